The highest BCUT2D eigenvalue weighted by Crippen LogP contribution is 2.33. The highest BCUT2D eigenvalue weighted by atomic mass is 16.5. The molecule has 0 spiro atoms. The second kappa shape index (κ2) is 7.30. The number of hydrogen-bond donors (Lipinski definition) is 0. The van der Waals surface area contributed by atoms with Crippen LogP contribution in [-0.4, -0.2) is 18.1 Å². The van der Waals surface area contributed by atoms with E-state index in [1.807, 2.05) is 66.7 Å². The van der Waals surface area contributed by atoms with E-state index >= 15 is 0 Å². The van der Waals surface area contributed by atoms with Crippen molar-refractivity contribution >= 4 is 16.7 Å². The van der Waals surface area contributed by atoms with Gasteiger partial charge in [0.1, 0.15) is 5.75 Å². The number of fused-ring (bicyclic) bond motifs is 1. The van der Waals surface area contributed by atoms with Crippen molar-refractivity contribution in [2.75, 3.05) is 7.11 Å². The maximum atomic E-state index is 11.7. The second-order valence-electron chi connectivity index (χ2n) is 6.04. The van der Waals surface area contributed by atoms with E-state index in [4.69, 9.17) is 9.47 Å². The molecule has 0 aliphatic heterocycles. The summed E-state index contributed by atoms with van der Waals surface area (Å²) in [5, 5.41) is 1.99. The van der Waals surface area contributed by atoms with Gasteiger partial charge in [0.2, 0.25) is 5.88 Å². The molecule has 0 atom stereocenters. The fourth-order valence-corrected chi connectivity index (χ4v) is 2.95. The van der Waals surface area contributed by atoms with Crippen LogP contribution in [0.5, 0.6) is 11.6 Å². The molecule has 1 aromatic heterocycles. The van der Waals surface area contributed by atoms with Gasteiger partial charge in [-0.25, -0.2) is 9.78 Å². The summed E-state index contributed by atoms with van der Waals surface area (Å²) in [5.41, 5.74) is 2.43. The largest absolute Gasteiger partial charge is 0.465 e. The van der Waals surface area contributed by atoms with Crippen molar-refractivity contribution in [2.24, 2.45) is 0 Å². The van der Waals surface area contributed by atoms with E-state index in [-0.39, 0.29) is 5.97 Å². The molecule has 0 bridgehead atoms. The van der Waals surface area contributed by atoms with Crippen LogP contribution in [0.25, 0.3) is 21.9 Å². The van der Waals surface area contributed by atoms with E-state index in [1.54, 1.807) is 12.3 Å². The summed E-state index contributed by atoms with van der Waals surface area (Å²) < 4.78 is 10.8. The Labute approximate surface area is 157 Å². The second-order valence-corrected chi connectivity index (χ2v) is 6.04. The summed E-state index contributed by atoms with van der Waals surface area (Å²) in [4.78, 5) is 16.1. The molecule has 0 fully saturated rings. The lowest BCUT2D eigenvalue weighted by Crippen LogP contribution is -2.00. The molecule has 0 saturated carbocycles. The fraction of sp³-hybridized carbons (Fsp3) is 0.0435. The van der Waals surface area contributed by atoms with Gasteiger partial charge in [-0.1, -0.05) is 36.4 Å². The first kappa shape index (κ1) is 16.8. The summed E-state index contributed by atoms with van der Waals surface area (Å²) in [6.45, 7) is 0. The SMILES string of the molecule is COC(=O)c1ccc2cc(-c3cccnc3Oc3ccccc3)ccc2c1. The smallest absolute Gasteiger partial charge is 0.337 e. The standard InChI is InChI=1S/C23H17NO3/c1-26-23(25)19-12-10-16-14-18(11-9-17(16)15-19)21-8-5-13-24-22(21)27-20-6-3-2-4-7-20/h2-15H,1H3. The van der Waals surface area contributed by atoms with E-state index in [9.17, 15) is 4.79 Å². The Balaban J connectivity index is 1.73. The first-order valence-corrected chi connectivity index (χ1v) is 8.55. The Kier molecular flexibility index (Phi) is 4.54. The lowest BCUT2D eigenvalue weighted by atomic mass is 10.0. The Morgan fingerprint density at radius 1 is 0.852 bits per heavy atom. The molecular weight excluding hydrogens is 338 g/mol. The highest BCUT2D eigenvalue weighted by molar-refractivity contribution is 5.96. The molecule has 0 saturated heterocycles. The number of para-hydroxylation sites is 1. The lowest BCUT2D eigenvalue weighted by molar-refractivity contribution is 0.0601. The topological polar surface area (TPSA) is 48.4 Å². The zero-order valence-corrected chi connectivity index (χ0v) is 14.8. The number of benzene rings is 3. The first-order valence-electron chi connectivity index (χ1n) is 8.55. The summed E-state index contributed by atoms with van der Waals surface area (Å²) in [6, 6.07) is 25.0. The Morgan fingerprint density at radius 2 is 1.63 bits per heavy atom. The average molecular weight is 355 g/mol. The number of carbonyl (C=O) groups is 1. The minimum absolute atomic E-state index is 0.341. The molecule has 0 aliphatic carbocycles. The summed E-state index contributed by atoms with van der Waals surface area (Å²) in [6.07, 6.45) is 1.71. The maximum Gasteiger partial charge on any atom is 0.337 e. The van der Waals surface area contributed by atoms with Crippen LogP contribution >= 0.6 is 0 Å². The Bertz CT molecular complexity index is 1110. The molecule has 4 aromatic rings. The van der Waals surface area contributed by atoms with Crippen molar-refractivity contribution in [1.29, 1.82) is 0 Å². The molecule has 4 rings (SSSR count). The molecule has 3 aromatic carbocycles. The minimum atomic E-state index is -0.341. The monoisotopic (exact) mass is 355 g/mol. The number of hydrogen-bond acceptors (Lipinski definition) is 4. The van der Waals surface area contributed by atoms with Gasteiger partial charge in [0.25, 0.3) is 0 Å². The highest BCUT2D eigenvalue weighted by Gasteiger charge is 2.11. The van der Waals surface area contributed by atoms with E-state index < -0.39 is 0 Å². The van der Waals surface area contributed by atoms with Crippen LogP contribution in [-0.2, 0) is 4.74 Å². The van der Waals surface area contributed by atoms with Crippen molar-refractivity contribution in [3.8, 4) is 22.8 Å². The minimum Gasteiger partial charge on any atom is -0.465 e. The van der Waals surface area contributed by atoms with Crippen molar-refractivity contribution in [3.05, 3.63) is 90.6 Å². The number of carbonyl (C=O) groups excluding carboxylic acids is 1. The molecule has 0 amide bonds. The first-order chi connectivity index (χ1) is 13.2. The van der Waals surface area contributed by atoms with Crippen molar-refractivity contribution in [2.45, 2.75) is 0 Å². The number of nitrogens with zero attached hydrogens (tertiary/aromatic N) is 1. The lowest BCUT2D eigenvalue weighted by Gasteiger charge is -2.11. The molecule has 4 nitrogen and oxygen atoms in total. The zero-order valence-electron chi connectivity index (χ0n) is 14.8. The fourth-order valence-electron chi connectivity index (χ4n) is 2.95. The van der Waals surface area contributed by atoms with Crippen LogP contribution in [0.3, 0.4) is 0 Å². The van der Waals surface area contributed by atoms with Crippen molar-refractivity contribution < 1.29 is 14.3 Å². The normalized spacial score (nSPS) is 10.6. The zero-order chi connectivity index (χ0) is 18.6. The van der Waals surface area contributed by atoms with Crippen molar-refractivity contribution in [3.63, 3.8) is 0 Å². The molecule has 1 heterocycles. The third kappa shape index (κ3) is 3.51. The van der Waals surface area contributed by atoms with Gasteiger partial charge in [-0.15, -0.1) is 0 Å². The number of rotatable bonds is 4. The number of pyridine rings is 1. The van der Waals surface area contributed by atoms with Gasteiger partial charge in [-0.2, -0.15) is 0 Å². The predicted octanol–water partition coefficient (Wildman–Crippen LogP) is 5.48. The van der Waals surface area contributed by atoms with Gasteiger partial charge >= 0.3 is 5.97 Å². The quantitative estimate of drug-likeness (QED) is 0.455. The van der Waals surface area contributed by atoms with Crippen LogP contribution in [0.2, 0.25) is 0 Å². The van der Waals surface area contributed by atoms with Crippen molar-refractivity contribution in [1.82, 2.24) is 4.98 Å². The molecule has 0 radical (unpaired) electrons. The number of aromatic nitrogens is 1. The molecule has 0 unspecified atom stereocenters. The van der Waals surface area contributed by atoms with Gasteiger partial charge in [-0.3, -0.25) is 0 Å². The van der Waals surface area contributed by atoms with Crippen LogP contribution in [0.4, 0.5) is 0 Å². The summed E-state index contributed by atoms with van der Waals surface area (Å²) in [5.74, 6) is 0.946. The maximum absolute atomic E-state index is 11.7. The van der Waals surface area contributed by atoms with Crippen LogP contribution < -0.4 is 4.74 Å². The van der Waals surface area contributed by atoms with E-state index in [0.29, 0.717) is 11.4 Å². The van der Waals surface area contributed by atoms with Gasteiger partial charge in [-0.05, 0) is 58.8 Å². The summed E-state index contributed by atoms with van der Waals surface area (Å²) in [7, 11) is 1.38. The van der Waals surface area contributed by atoms with Gasteiger partial charge < -0.3 is 9.47 Å². The third-order valence-corrected chi connectivity index (χ3v) is 4.30. The van der Waals surface area contributed by atoms with Crippen LogP contribution in [0.15, 0.2) is 85.1 Å². The Morgan fingerprint density at radius 3 is 2.44 bits per heavy atom. The van der Waals surface area contributed by atoms with Crippen LogP contribution in [0.1, 0.15) is 10.4 Å². The predicted molar refractivity (Wildman–Crippen MR) is 105 cm³/mol. The van der Waals surface area contributed by atoms with E-state index in [0.717, 1.165) is 27.6 Å². The molecule has 0 N–H and O–H groups in total. The van der Waals surface area contributed by atoms with Crippen LogP contribution in [0, 0.1) is 0 Å². The molecule has 0 aliphatic rings. The molecular formula is C23H17NO3. The number of methoxy groups -OCH3 is 1. The van der Waals surface area contributed by atoms with Gasteiger partial charge in [0.05, 0.1) is 12.7 Å². The molecule has 132 valence electrons. The van der Waals surface area contributed by atoms with Gasteiger partial charge in [0.15, 0.2) is 0 Å². The third-order valence-electron chi connectivity index (χ3n) is 4.30. The molecule has 27 heavy (non-hydrogen) atoms. The number of ether oxygens (including phenoxy) is 2. The Hall–Kier alpha value is -3.66. The molecule has 4 heteroatoms. The summed E-state index contributed by atoms with van der Waals surface area (Å²) >= 11 is 0. The van der Waals surface area contributed by atoms with E-state index in [2.05, 4.69) is 11.1 Å². The van der Waals surface area contributed by atoms with E-state index in [1.165, 1.54) is 7.11 Å². The number of esters is 1. The van der Waals surface area contributed by atoms with Gasteiger partial charge in [0, 0.05) is 11.8 Å². The average Bonchev–Trinajstić information content (AvgIpc) is 2.73.